The molecule has 3 N–H and O–H groups in total. The van der Waals surface area contributed by atoms with Gasteiger partial charge in [-0.05, 0) is 38.5 Å². The molecule has 0 aliphatic carbocycles. The van der Waals surface area contributed by atoms with E-state index in [-0.39, 0.29) is 41.3 Å². The third kappa shape index (κ3) is 3.92. The molecular formula is C18H22FN3O4. The summed E-state index contributed by atoms with van der Waals surface area (Å²) in [5.41, 5.74) is 3.84. The van der Waals surface area contributed by atoms with Crippen molar-refractivity contribution in [1.82, 2.24) is 10.0 Å². The quantitative estimate of drug-likeness (QED) is 0.538. The van der Waals surface area contributed by atoms with E-state index in [0.29, 0.717) is 5.69 Å². The van der Waals surface area contributed by atoms with Crippen molar-refractivity contribution in [3.63, 3.8) is 0 Å². The Morgan fingerprint density at radius 3 is 2.62 bits per heavy atom. The number of carbonyl (C=O) groups is 1. The second kappa shape index (κ2) is 8.11. The van der Waals surface area contributed by atoms with Crippen LogP contribution < -0.4 is 16.4 Å². The SMILES string of the molecule is Cc1ccc(Nc2c(C(=O)NOCCO)c(C)n(C)c(=O)c2C)c(F)c1. The number of benzene rings is 1. The van der Waals surface area contributed by atoms with Crippen molar-refractivity contribution in [3.05, 3.63) is 56.8 Å². The molecule has 0 radical (unpaired) electrons. The molecule has 0 saturated heterocycles. The Balaban J connectivity index is 2.55. The van der Waals surface area contributed by atoms with Gasteiger partial charge in [-0.3, -0.25) is 14.4 Å². The molecule has 2 aromatic rings. The van der Waals surface area contributed by atoms with Crippen LogP contribution in [0.25, 0.3) is 0 Å². The number of hydroxylamine groups is 1. The first-order chi connectivity index (χ1) is 12.3. The molecule has 8 heteroatoms. The highest BCUT2D eigenvalue weighted by atomic mass is 19.1. The number of amides is 1. The summed E-state index contributed by atoms with van der Waals surface area (Å²) in [5.74, 6) is -1.10. The molecule has 26 heavy (non-hydrogen) atoms. The summed E-state index contributed by atoms with van der Waals surface area (Å²) < 4.78 is 15.6. The molecule has 0 fully saturated rings. The highest BCUT2D eigenvalue weighted by Crippen LogP contribution is 2.27. The van der Waals surface area contributed by atoms with E-state index in [1.165, 1.54) is 10.6 Å². The van der Waals surface area contributed by atoms with Gasteiger partial charge in [0.15, 0.2) is 0 Å². The van der Waals surface area contributed by atoms with Crippen molar-refractivity contribution in [3.8, 4) is 0 Å². The van der Waals surface area contributed by atoms with Crippen LogP contribution in [-0.4, -0.2) is 28.8 Å². The molecule has 1 aromatic carbocycles. The normalized spacial score (nSPS) is 10.7. The van der Waals surface area contributed by atoms with E-state index < -0.39 is 11.7 Å². The Bertz CT molecular complexity index is 893. The van der Waals surface area contributed by atoms with Crippen molar-refractivity contribution in [2.75, 3.05) is 18.5 Å². The van der Waals surface area contributed by atoms with E-state index in [9.17, 15) is 14.0 Å². The highest BCUT2D eigenvalue weighted by Gasteiger charge is 2.22. The number of aromatic nitrogens is 1. The smallest absolute Gasteiger partial charge is 0.278 e. The third-order valence-corrected chi connectivity index (χ3v) is 4.08. The van der Waals surface area contributed by atoms with Gasteiger partial charge in [-0.2, -0.15) is 0 Å². The summed E-state index contributed by atoms with van der Waals surface area (Å²) in [6, 6.07) is 4.62. The van der Waals surface area contributed by atoms with Gasteiger partial charge in [0.25, 0.3) is 11.5 Å². The molecule has 1 amide bonds. The molecule has 0 atom stereocenters. The van der Waals surface area contributed by atoms with E-state index in [0.717, 1.165) is 5.56 Å². The Morgan fingerprint density at radius 1 is 1.31 bits per heavy atom. The number of rotatable bonds is 6. The summed E-state index contributed by atoms with van der Waals surface area (Å²) >= 11 is 0. The zero-order valence-corrected chi connectivity index (χ0v) is 15.1. The van der Waals surface area contributed by atoms with E-state index in [4.69, 9.17) is 9.94 Å². The maximum atomic E-state index is 14.2. The van der Waals surface area contributed by atoms with E-state index in [1.807, 2.05) is 0 Å². The summed E-state index contributed by atoms with van der Waals surface area (Å²) in [5, 5.41) is 11.6. The average molecular weight is 363 g/mol. The Morgan fingerprint density at radius 2 is 2.00 bits per heavy atom. The Kier molecular flexibility index (Phi) is 6.12. The molecule has 0 aliphatic heterocycles. The first-order valence-corrected chi connectivity index (χ1v) is 8.04. The van der Waals surface area contributed by atoms with Crippen LogP contribution in [0.5, 0.6) is 0 Å². The zero-order valence-electron chi connectivity index (χ0n) is 15.1. The fourth-order valence-corrected chi connectivity index (χ4v) is 2.55. The number of nitrogens with zero attached hydrogens (tertiary/aromatic N) is 1. The van der Waals surface area contributed by atoms with E-state index >= 15 is 0 Å². The maximum absolute atomic E-state index is 14.2. The lowest BCUT2D eigenvalue weighted by Crippen LogP contribution is -2.32. The third-order valence-electron chi connectivity index (χ3n) is 4.08. The van der Waals surface area contributed by atoms with Crippen LogP contribution in [0.1, 0.15) is 27.2 Å². The lowest BCUT2D eigenvalue weighted by atomic mass is 10.1. The summed E-state index contributed by atoms with van der Waals surface area (Å²) in [4.78, 5) is 29.8. The number of aryl methyl sites for hydroxylation is 1. The van der Waals surface area contributed by atoms with Crippen LogP contribution >= 0.6 is 0 Å². The predicted molar refractivity (Wildman–Crippen MR) is 96.1 cm³/mol. The lowest BCUT2D eigenvalue weighted by molar-refractivity contribution is 0.0168. The number of anilines is 2. The van der Waals surface area contributed by atoms with Crippen LogP contribution in [0.4, 0.5) is 15.8 Å². The second-order valence-electron chi connectivity index (χ2n) is 5.94. The topological polar surface area (TPSA) is 92.6 Å². The zero-order chi connectivity index (χ0) is 19.4. The van der Waals surface area contributed by atoms with Crippen molar-refractivity contribution in [1.29, 1.82) is 0 Å². The van der Waals surface area contributed by atoms with Crippen molar-refractivity contribution >= 4 is 17.3 Å². The largest absolute Gasteiger partial charge is 0.394 e. The van der Waals surface area contributed by atoms with Gasteiger partial charge in [0.1, 0.15) is 5.82 Å². The van der Waals surface area contributed by atoms with Gasteiger partial charge in [0.05, 0.1) is 30.2 Å². The number of pyridine rings is 1. The number of aliphatic hydroxyl groups excluding tert-OH is 1. The molecule has 1 aromatic heterocycles. The van der Waals surface area contributed by atoms with Crippen LogP contribution in [0.15, 0.2) is 23.0 Å². The first kappa shape index (κ1) is 19.6. The summed E-state index contributed by atoms with van der Waals surface area (Å²) in [6.07, 6.45) is 0. The van der Waals surface area contributed by atoms with Crippen LogP contribution in [0.2, 0.25) is 0 Å². The van der Waals surface area contributed by atoms with Gasteiger partial charge in [0.2, 0.25) is 0 Å². The second-order valence-corrected chi connectivity index (χ2v) is 5.94. The number of nitrogens with one attached hydrogen (secondary N) is 2. The van der Waals surface area contributed by atoms with Gasteiger partial charge in [-0.25, -0.2) is 9.87 Å². The molecule has 0 aliphatic rings. The lowest BCUT2D eigenvalue weighted by Gasteiger charge is -2.19. The molecule has 0 spiro atoms. The number of aliphatic hydroxyl groups is 1. The Labute approximate surface area is 150 Å². The monoisotopic (exact) mass is 363 g/mol. The molecular weight excluding hydrogens is 341 g/mol. The fourth-order valence-electron chi connectivity index (χ4n) is 2.55. The maximum Gasteiger partial charge on any atom is 0.278 e. The van der Waals surface area contributed by atoms with Crippen molar-refractivity contribution < 1.29 is 19.1 Å². The standard InChI is InChI=1S/C18H22FN3O4/c1-10-5-6-14(13(19)9-10)20-16-11(2)18(25)22(4)12(3)15(16)17(24)21-26-8-7-23/h5-6,9,20,23H,7-8H2,1-4H3,(H,21,24). The molecule has 140 valence electrons. The van der Waals surface area contributed by atoms with Crippen molar-refractivity contribution in [2.45, 2.75) is 20.8 Å². The molecule has 2 rings (SSSR count). The fraction of sp³-hybridized carbons (Fsp3) is 0.333. The minimum absolute atomic E-state index is 0.0785. The minimum atomic E-state index is -0.607. The number of hydrogen-bond donors (Lipinski definition) is 3. The molecule has 0 unspecified atom stereocenters. The first-order valence-electron chi connectivity index (χ1n) is 8.04. The van der Waals surface area contributed by atoms with Gasteiger partial charge in [-0.15, -0.1) is 0 Å². The molecule has 1 heterocycles. The van der Waals surface area contributed by atoms with Crippen LogP contribution in [0.3, 0.4) is 0 Å². The Hall–Kier alpha value is -2.71. The average Bonchev–Trinajstić information content (AvgIpc) is 2.60. The minimum Gasteiger partial charge on any atom is -0.394 e. The van der Waals surface area contributed by atoms with Gasteiger partial charge in [0, 0.05) is 18.3 Å². The number of hydrogen-bond acceptors (Lipinski definition) is 5. The van der Waals surface area contributed by atoms with E-state index in [1.54, 1.807) is 40.0 Å². The number of carbonyl (C=O) groups excluding carboxylic acids is 1. The molecule has 0 saturated carbocycles. The van der Waals surface area contributed by atoms with Gasteiger partial charge >= 0.3 is 0 Å². The van der Waals surface area contributed by atoms with Gasteiger partial charge in [-0.1, -0.05) is 6.07 Å². The highest BCUT2D eigenvalue weighted by molar-refractivity contribution is 6.01. The predicted octanol–water partition coefficient (Wildman–Crippen LogP) is 1.85. The van der Waals surface area contributed by atoms with Crippen LogP contribution in [-0.2, 0) is 11.9 Å². The van der Waals surface area contributed by atoms with Crippen molar-refractivity contribution in [2.24, 2.45) is 7.05 Å². The molecule has 7 nitrogen and oxygen atoms in total. The molecule has 0 bridgehead atoms. The van der Waals surface area contributed by atoms with Gasteiger partial charge < -0.3 is 15.0 Å². The summed E-state index contributed by atoms with van der Waals surface area (Å²) in [6.45, 7) is 4.59. The van der Waals surface area contributed by atoms with Crippen LogP contribution in [0, 0.1) is 26.6 Å². The summed E-state index contributed by atoms with van der Waals surface area (Å²) in [7, 11) is 1.55. The van der Waals surface area contributed by atoms with E-state index in [2.05, 4.69) is 10.8 Å². The number of halogens is 1.